The lowest BCUT2D eigenvalue weighted by Crippen LogP contribution is -2.62. The van der Waals surface area contributed by atoms with Gasteiger partial charge in [0.1, 0.15) is 54.1 Å². The predicted molar refractivity (Wildman–Crippen MR) is 274 cm³/mol. The maximum Gasteiger partial charge on any atom is 0.334 e. The molecule has 1 aliphatic rings. The maximum atomic E-state index is 14.3. The highest BCUT2D eigenvalue weighted by atomic mass is 16.5. The number of rotatable bonds is 30. The van der Waals surface area contributed by atoms with Crippen molar-refractivity contribution in [3.05, 3.63) is 54.6 Å². The van der Waals surface area contributed by atoms with E-state index in [0.717, 1.165) is 13.8 Å². The first kappa shape index (κ1) is 63.9. The van der Waals surface area contributed by atoms with Crippen LogP contribution in [0.5, 0.6) is 5.75 Å². The molecule has 1 aliphatic heterocycles. The molecule has 78 heavy (non-hydrogen) atoms. The van der Waals surface area contributed by atoms with E-state index in [1.54, 1.807) is 38.1 Å². The van der Waals surface area contributed by atoms with Crippen molar-refractivity contribution in [3.8, 4) is 5.75 Å². The molecule has 426 valence electrons. The molecule has 9 atom stereocenters. The average Bonchev–Trinajstić information content (AvgIpc) is 3.87. The number of aliphatic hydroxyl groups excluding tert-OH is 1. The average molecular weight is 1100 g/mol. The largest absolute Gasteiger partial charge is 0.481 e. The van der Waals surface area contributed by atoms with Gasteiger partial charge >= 0.3 is 23.9 Å². The Balaban J connectivity index is 1.76. The Labute approximate surface area is 449 Å². The fourth-order valence-corrected chi connectivity index (χ4v) is 7.95. The lowest BCUT2D eigenvalue weighted by molar-refractivity contribution is -0.145. The molecule has 1 fully saturated rings. The normalized spacial score (nSPS) is 16.2. The number of carbonyl (C=O) groups excluding carboxylic acids is 9. The molecule has 0 unspecified atom stereocenters. The van der Waals surface area contributed by atoms with Crippen LogP contribution >= 0.6 is 0 Å². The Morgan fingerprint density at radius 2 is 1.09 bits per heavy atom. The zero-order valence-electron chi connectivity index (χ0n) is 44.3. The van der Waals surface area contributed by atoms with Gasteiger partial charge in [-0.05, 0) is 80.8 Å². The van der Waals surface area contributed by atoms with Crippen molar-refractivity contribution < 1.29 is 82.7 Å². The Morgan fingerprint density at radius 3 is 1.60 bits per heavy atom. The van der Waals surface area contributed by atoms with Gasteiger partial charge in [-0.25, -0.2) is 4.79 Å². The van der Waals surface area contributed by atoms with Crippen LogP contribution in [-0.2, 0) is 57.5 Å². The summed E-state index contributed by atoms with van der Waals surface area (Å²) >= 11 is 0. The zero-order chi connectivity index (χ0) is 58.4. The van der Waals surface area contributed by atoms with E-state index in [9.17, 15) is 78.0 Å². The number of likely N-dealkylation sites (tertiary alicyclic amines) is 1. The smallest absolute Gasteiger partial charge is 0.334 e. The highest BCUT2D eigenvalue weighted by molar-refractivity contribution is 5.99. The fraction of sp³-hybridized carbons (Fsp3) is 0.529. The van der Waals surface area contributed by atoms with Gasteiger partial charge in [-0.15, -0.1) is 0 Å². The highest BCUT2D eigenvalue weighted by Crippen LogP contribution is 2.24. The first-order valence-corrected chi connectivity index (χ1v) is 25.2. The molecule has 3 rings (SSSR count). The van der Waals surface area contributed by atoms with E-state index < -0.39 is 163 Å². The number of nitrogens with one attached hydrogen (secondary N) is 7. The second-order valence-electron chi connectivity index (χ2n) is 19.2. The minimum absolute atomic E-state index is 0.113. The molecule has 0 bridgehead atoms. The monoisotopic (exact) mass is 1090 g/mol. The van der Waals surface area contributed by atoms with Crippen molar-refractivity contribution in [1.29, 1.82) is 0 Å². The number of esters is 1. The van der Waals surface area contributed by atoms with Crippen LogP contribution in [0.1, 0.15) is 99.8 Å². The van der Waals surface area contributed by atoms with Crippen LogP contribution in [0.3, 0.4) is 0 Å². The van der Waals surface area contributed by atoms with E-state index in [4.69, 9.17) is 4.74 Å². The van der Waals surface area contributed by atoms with Gasteiger partial charge in [-0.2, -0.15) is 10.2 Å². The van der Waals surface area contributed by atoms with Gasteiger partial charge in [-0.1, -0.05) is 59.2 Å². The second-order valence-corrected chi connectivity index (χ2v) is 19.2. The Kier molecular flexibility index (Phi) is 25.4. The Bertz CT molecular complexity index is 2490. The van der Waals surface area contributed by atoms with Gasteiger partial charge in [0.2, 0.25) is 47.3 Å². The minimum Gasteiger partial charge on any atom is -0.481 e. The number of benzene rings is 2. The molecule has 2 aromatic rings. The van der Waals surface area contributed by atoms with E-state index in [1.807, 2.05) is 25.1 Å². The highest BCUT2D eigenvalue weighted by Gasteiger charge is 2.42. The lowest BCUT2D eigenvalue weighted by atomic mass is 9.98. The Hall–Kier alpha value is -8.36. The molecule has 0 radical (unpaired) electrons. The predicted octanol–water partition coefficient (Wildman–Crippen LogP) is 0.719. The molecule has 0 spiro atoms. The van der Waals surface area contributed by atoms with Crippen LogP contribution in [0.4, 0.5) is 11.4 Å². The van der Waals surface area contributed by atoms with Crippen molar-refractivity contribution in [1.82, 2.24) is 42.1 Å². The molecular formula is C51H70N10O17. The van der Waals surface area contributed by atoms with Crippen LogP contribution in [-0.4, -0.2) is 157 Å². The van der Waals surface area contributed by atoms with Gasteiger partial charge in [-0.3, -0.25) is 52.7 Å². The standard InChI is InChI=1S/C51H70N10O17/c1-8-13-34(51(77)78-32-19-17-31(18-20-32)60-59-30-14-10-9-11-15-30)54-47(73)37-16-12-23-61(37)50(76)42(27(4)5)57-48(74)41(26(2)3)56-46(72)36(25-40(68)69)55-44(70)33(21-22-38(64)65)53-49(75)43(28(6)62)58-45(71)35(24-39(66)67)52-29(7)63/h9-11,14-15,17-20,26-28,33-37,41-43,62H,8,12-13,16,21-25H2,1-7H3,(H,52,63)(H,53,75)(H,54,73)(H,55,70)(H,56,72)(H,57,74)(H,58,71)(H,64,65)(H,66,67)(H,68,69)/t28-,33+,34+,35+,36+,37+,41+,42+,43+/m1/s1. The number of carbonyl (C=O) groups is 12. The van der Waals surface area contributed by atoms with Crippen LogP contribution in [0, 0.1) is 11.8 Å². The van der Waals surface area contributed by atoms with E-state index in [0.29, 0.717) is 24.2 Å². The molecule has 27 heteroatoms. The van der Waals surface area contributed by atoms with Crippen LogP contribution < -0.4 is 42.0 Å². The summed E-state index contributed by atoms with van der Waals surface area (Å²) in [4.78, 5) is 158. The third-order valence-corrected chi connectivity index (χ3v) is 12.0. The molecule has 8 amide bonds. The van der Waals surface area contributed by atoms with Crippen LogP contribution in [0.15, 0.2) is 64.8 Å². The zero-order valence-corrected chi connectivity index (χ0v) is 44.3. The van der Waals surface area contributed by atoms with E-state index in [-0.39, 0.29) is 25.1 Å². The number of hydrogen-bond acceptors (Lipinski definition) is 16. The third-order valence-electron chi connectivity index (χ3n) is 12.0. The molecule has 11 N–H and O–H groups in total. The topological polar surface area (TPSA) is 407 Å². The summed E-state index contributed by atoms with van der Waals surface area (Å²) in [5, 5.41) is 63.3. The van der Waals surface area contributed by atoms with Crippen molar-refractivity contribution in [2.45, 2.75) is 154 Å². The fourth-order valence-electron chi connectivity index (χ4n) is 7.95. The van der Waals surface area contributed by atoms with E-state index >= 15 is 0 Å². The molecule has 1 heterocycles. The number of carboxylic acids is 3. The number of aliphatic carboxylic acids is 3. The molecule has 0 aliphatic carbocycles. The van der Waals surface area contributed by atoms with E-state index in [1.165, 1.54) is 30.9 Å². The van der Waals surface area contributed by atoms with Crippen molar-refractivity contribution in [2.75, 3.05) is 6.54 Å². The van der Waals surface area contributed by atoms with Gasteiger partial charge in [0.15, 0.2) is 0 Å². The lowest BCUT2D eigenvalue weighted by Gasteiger charge is -2.33. The quantitative estimate of drug-likeness (QED) is 0.0292. The number of carboxylic acid groups (broad SMARTS) is 3. The van der Waals surface area contributed by atoms with Gasteiger partial charge in [0.25, 0.3) is 0 Å². The summed E-state index contributed by atoms with van der Waals surface area (Å²) < 4.78 is 5.60. The molecule has 0 aromatic heterocycles. The Morgan fingerprint density at radius 1 is 0.590 bits per heavy atom. The molecule has 27 nitrogen and oxygen atoms in total. The van der Waals surface area contributed by atoms with E-state index in [2.05, 4.69) is 47.4 Å². The summed E-state index contributed by atoms with van der Waals surface area (Å²) in [5.41, 5.74) is 1.14. The summed E-state index contributed by atoms with van der Waals surface area (Å²) in [5.74, 6) is -14.6. The summed E-state index contributed by atoms with van der Waals surface area (Å²) in [7, 11) is 0. The molecule has 1 saturated heterocycles. The SMILES string of the molecule is CCC[C@H](NC(=O)[C@@H]1CCCN1C(=O)[C@@H](NC(=O)[C@@H](NC(=O)[C@H](CC(=O)O)NC(=O)[C@H](CCC(=O)O)NC(=O)[C@@H](NC(=O)[C@H](CC(=O)O)NC(C)=O)[C@@H](C)O)C(C)C)C(C)C)C(=O)Oc1ccc(N=Nc2ccccc2)cc1. The van der Waals surface area contributed by atoms with Gasteiger partial charge in [0.05, 0.1) is 30.3 Å². The summed E-state index contributed by atoms with van der Waals surface area (Å²) in [6.07, 6.45) is -3.95. The molecule has 2 aromatic carbocycles. The van der Waals surface area contributed by atoms with Crippen molar-refractivity contribution in [3.63, 3.8) is 0 Å². The number of aliphatic hydroxyl groups is 1. The first-order valence-electron chi connectivity index (χ1n) is 25.2. The van der Waals surface area contributed by atoms with Crippen molar-refractivity contribution >= 4 is 82.5 Å². The summed E-state index contributed by atoms with van der Waals surface area (Å²) in [6, 6.07) is 2.89. The number of ether oxygens (including phenoxy) is 1. The molecule has 0 saturated carbocycles. The number of amides is 8. The third kappa shape index (κ3) is 20.6. The summed E-state index contributed by atoms with van der Waals surface area (Å²) in [6.45, 7) is 10.2. The minimum atomic E-state index is -1.99. The maximum absolute atomic E-state index is 14.3. The molecular weight excluding hydrogens is 1020 g/mol. The number of hydrogen-bond donors (Lipinski definition) is 11. The van der Waals surface area contributed by atoms with Crippen LogP contribution in [0.2, 0.25) is 0 Å². The van der Waals surface area contributed by atoms with Crippen molar-refractivity contribution in [2.24, 2.45) is 22.1 Å². The van der Waals surface area contributed by atoms with Crippen LogP contribution in [0.25, 0.3) is 0 Å². The van der Waals surface area contributed by atoms with Gasteiger partial charge < -0.3 is 67.3 Å². The second kappa shape index (κ2) is 31.0. The number of nitrogens with zero attached hydrogens (tertiary/aromatic N) is 3. The number of azo groups is 1. The first-order chi connectivity index (χ1) is 36.7. The van der Waals surface area contributed by atoms with Gasteiger partial charge in [0, 0.05) is 19.9 Å².